The second-order valence-electron chi connectivity index (χ2n) is 3.44. The Morgan fingerprint density at radius 3 is 2.87 bits per heavy atom. The molecule has 2 aromatic heterocycles. The molecule has 2 aromatic rings. The van der Waals surface area contributed by atoms with E-state index in [-0.39, 0.29) is 5.56 Å². The van der Waals surface area contributed by atoms with Gasteiger partial charge in [0, 0.05) is 44.7 Å². The van der Waals surface area contributed by atoms with E-state index in [1.54, 1.807) is 29.1 Å². The van der Waals surface area contributed by atoms with Crippen LogP contribution >= 0.6 is 0 Å². The van der Waals surface area contributed by atoms with Gasteiger partial charge in [0.15, 0.2) is 0 Å². The molecule has 0 fully saturated rings. The fraction of sp³-hybridized carbons (Fsp3) is 0.273. The van der Waals surface area contributed by atoms with E-state index in [9.17, 15) is 4.79 Å². The molecule has 2 heterocycles. The quantitative estimate of drug-likeness (QED) is 0.741. The summed E-state index contributed by atoms with van der Waals surface area (Å²) in [6.45, 7) is 0.671. The van der Waals surface area contributed by atoms with Gasteiger partial charge < -0.3 is 9.13 Å². The topological polar surface area (TPSA) is 39.8 Å². The van der Waals surface area contributed by atoms with E-state index in [0.29, 0.717) is 6.54 Å². The lowest BCUT2D eigenvalue weighted by Crippen LogP contribution is -2.19. The summed E-state index contributed by atoms with van der Waals surface area (Å²) in [5.41, 5.74) is 0.0340. The lowest BCUT2D eigenvalue weighted by Gasteiger charge is -2.04. The van der Waals surface area contributed by atoms with Crippen molar-refractivity contribution in [1.29, 1.82) is 0 Å². The largest absolute Gasteiger partial charge is 0.338 e. The Bertz CT molecular complexity index is 498. The number of hydrogen-bond donors (Lipinski definition) is 0. The van der Waals surface area contributed by atoms with E-state index in [1.165, 1.54) is 0 Å². The van der Waals surface area contributed by atoms with Crippen molar-refractivity contribution in [2.24, 2.45) is 7.05 Å². The van der Waals surface area contributed by atoms with Crippen molar-refractivity contribution in [2.45, 2.75) is 13.0 Å². The SMILES string of the molecule is Cn1ccnc1CCn1ccccc1=O. The van der Waals surface area contributed by atoms with Crippen LogP contribution in [0.4, 0.5) is 0 Å². The van der Waals surface area contributed by atoms with Crippen LogP contribution in [0.15, 0.2) is 41.6 Å². The van der Waals surface area contributed by atoms with Gasteiger partial charge in [-0.3, -0.25) is 4.79 Å². The van der Waals surface area contributed by atoms with E-state index < -0.39 is 0 Å². The first-order chi connectivity index (χ1) is 7.27. The normalized spacial score (nSPS) is 10.5. The van der Waals surface area contributed by atoms with Gasteiger partial charge in [0.1, 0.15) is 5.82 Å². The summed E-state index contributed by atoms with van der Waals surface area (Å²) in [7, 11) is 1.95. The average Bonchev–Trinajstić information content (AvgIpc) is 2.63. The number of pyridine rings is 1. The van der Waals surface area contributed by atoms with E-state index in [1.807, 2.05) is 23.9 Å². The number of aromatic nitrogens is 3. The van der Waals surface area contributed by atoms with Gasteiger partial charge in [-0.25, -0.2) is 4.98 Å². The zero-order valence-corrected chi connectivity index (χ0v) is 8.63. The zero-order valence-electron chi connectivity index (χ0n) is 8.63. The minimum absolute atomic E-state index is 0.0340. The van der Waals surface area contributed by atoms with Gasteiger partial charge in [-0.15, -0.1) is 0 Å². The summed E-state index contributed by atoms with van der Waals surface area (Å²) in [6, 6.07) is 5.18. The van der Waals surface area contributed by atoms with Crippen LogP contribution in [0, 0.1) is 0 Å². The Balaban J connectivity index is 2.09. The van der Waals surface area contributed by atoms with Crippen molar-refractivity contribution >= 4 is 0 Å². The van der Waals surface area contributed by atoms with Crippen LogP contribution in [0.3, 0.4) is 0 Å². The van der Waals surface area contributed by atoms with Crippen molar-refractivity contribution in [3.63, 3.8) is 0 Å². The lowest BCUT2D eigenvalue weighted by atomic mass is 10.3. The molecular weight excluding hydrogens is 190 g/mol. The summed E-state index contributed by atoms with van der Waals surface area (Å²) in [5, 5.41) is 0. The standard InChI is InChI=1S/C11H13N3O/c1-13-9-6-12-10(13)5-8-14-7-3-2-4-11(14)15/h2-4,6-7,9H,5,8H2,1H3. The van der Waals surface area contributed by atoms with Gasteiger partial charge in [-0.05, 0) is 6.07 Å². The van der Waals surface area contributed by atoms with Gasteiger partial charge in [0.25, 0.3) is 5.56 Å². The molecule has 4 heteroatoms. The second-order valence-corrected chi connectivity index (χ2v) is 3.44. The maximum Gasteiger partial charge on any atom is 0.250 e. The molecule has 78 valence electrons. The average molecular weight is 203 g/mol. The molecule has 0 aliphatic carbocycles. The monoisotopic (exact) mass is 203 g/mol. The molecule has 0 aromatic carbocycles. The molecule has 0 bridgehead atoms. The molecule has 0 aliphatic rings. The van der Waals surface area contributed by atoms with Crippen LogP contribution in [-0.2, 0) is 20.0 Å². The molecule has 0 atom stereocenters. The summed E-state index contributed by atoms with van der Waals surface area (Å²) in [4.78, 5) is 15.6. The predicted octanol–water partition coefficient (Wildman–Crippen LogP) is 0.824. The van der Waals surface area contributed by atoms with Crippen LogP contribution in [0.25, 0.3) is 0 Å². The fourth-order valence-corrected chi connectivity index (χ4v) is 1.50. The van der Waals surface area contributed by atoms with Crippen LogP contribution < -0.4 is 5.56 Å². The molecule has 0 saturated heterocycles. The highest BCUT2D eigenvalue weighted by atomic mass is 16.1. The maximum absolute atomic E-state index is 11.4. The zero-order chi connectivity index (χ0) is 10.7. The first-order valence-electron chi connectivity index (χ1n) is 4.89. The van der Waals surface area contributed by atoms with Gasteiger partial charge in [-0.1, -0.05) is 6.07 Å². The maximum atomic E-state index is 11.4. The molecule has 0 unspecified atom stereocenters. The molecule has 2 rings (SSSR count). The fourth-order valence-electron chi connectivity index (χ4n) is 1.50. The van der Waals surface area contributed by atoms with Crippen molar-refractivity contribution in [3.8, 4) is 0 Å². The van der Waals surface area contributed by atoms with Crippen molar-refractivity contribution in [1.82, 2.24) is 14.1 Å². The molecule has 4 nitrogen and oxygen atoms in total. The number of hydrogen-bond acceptors (Lipinski definition) is 2. The summed E-state index contributed by atoms with van der Waals surface area (Å²) in [5.74, 6) is 0.991. The number of imidazole rings is 1. The number of nitrogens with zero attached hydrogens (tertiary/aromatic N) is 3. The first-order valence-corrected chi connectivity index (χ1v) is 4.89. The molecule has 0 spiro atoms. The minimum atomic E-state index is 0.0340. The van der Waals surface area contributed by atoms with Crippen LogP contribution in [-0.4, -0.2) is 14.1 Å². The van der Waals surface area contributed by atoms with Crippen LogP contribution in [0.2, 0.25) is 0 Å². The van der Waals surface area contributed by atoms with Crippen molar-refractivity contribution in [2.75, 3.05) is 0 Å². The molecule has 0 aliphatic heterocycles. The van der Waals surface area contributed by atoms with E-state index in [2.05, 4.69) is 4.98 Å². The third-order valence-corrected chi connectivity index (χ3v) is 2.40. The summed E-state index contributed by atoms with van der Waals surface area (Å²) in [6.07, 6.45) is 6.24. The van der Waals surface area contributed by atoms with Gasteiger partial charge in [-0.2, -0.15) is 0 Å². The molecule has 0 radical (unpaired) electrons. The minimum Gasteiger partial charge on any atom is -0.338 e. The smallest absolute Gasteiger partial charge is 0.250 e. The van der Waals surface area contributed by atoms with Gasteiger partial charge >= 0.3 is 0 Å². The number of aryl methyl sites for hydroxylation is 3. The van der Waals surface area contributed by atoms with Crippen molar-refractivity contribution in [3.05, 3.63) is 53.0 Å². The molecular formula is C11H13N3O. The Hall–Kier alpha value is -1.84. The van der Waals surface area contributed by atoms with Crippen molar-refractivity contribution < 1.29 is 0 Å². The van der Waals surface area contributed by atoms with Crippen LogP contribution in [0.5, 0.6) is 0 Å². The Morgan fingerprint density at radius 2 is 2.20 bits per heavy atom. The van der Waals surface area contributed by atoms with Gasteiger partial charge in [0.2, 0.25) is 0 Å². The third kappa shape index (κ3) is 2.15. The van der Waals surface area contributed by atoms with E-state index in [0.717, 1.165) is 12.2 Å². The summed E-state index contributed by atoms with van der Waals surface area (Å²) < 4.78 is 3.66. The summed E-state index contributed by atoms with van der Waals surface area (Å²) >= 11 is 0. The highest BCUT2D eigenvalue weighted by Gasteiger charge is 2.00. The van der Waals surface area contributed by atoms with Gasteiger partial charge in [0.05, 0.1) is 0 Å². The molecule has 0 amide bonds. The Morgan fingerprint density at radius 1 is 1.33 bits per heavy atom. The number of rotatable bonds is 3. The van der Waals surface area contributed by atoms with Crippen LogP contribution in [0.1, 0.15) is 5.82 Å². The lowest BCUT2D eigenvalue weighted by molar-refractivity contribution is 0.632. The first kappa shape index (κ1) is 9.71. The highest BCUT2D eigenvalue weighted by molar-refractivity contribution is 4.95. The predicted molar refractivity (Wildman–Crippen MR) is 57.6 cm³/mol. The second kappa shape index (κ2) is 4.13. The highest BCUT2D eigenvalue weighted by Crippen LogP contribution is 1.96. The Kier molecular flexibility index (Phi) is 2.67. The molecule has 15 heavy (non-hydrogen) atoms. The van der Waals surface area contributed by atoms with E-state index >= 15 is 0 Å². The molecule has 0 N–H and O–H groups in total. The Labute approximate surface area is 87.8 Å². The third-order valence-electron chi connectivity index (χ3n) is 2.40. The van der Waals surface area contributed by atoms with E-state index in [4.69, 9.17) is 0 Å². The molecule has 0 saturated carbocycles.